The minimum Gasteiger partial charge on any atom is -0.312 e. The standard InChI is InChI=1S/C16H15NO/c18-16(12-6-2-1-3-7-12)15-11-17-10-13-8-4-5-9-14(13)15/h1-9,15,17H,10-11H2. The number of Topliss-reactive ketones (excluding diaryl/α,β-unsaturated/α-hetero) is 1. The molecule has 1 N–H and O–H groups in total. The Balaban J connectivity index is 1.97. The molecule has 1 atom stereocenters. The fourth-order valence-corrected chi connectivity index (χ4v) is 2.53. The molecule has 2 nitrogen and oxygen atoms in total. The van der Waals surface area contributed by atoms with E-state index in [9.17, 15) is 4.79 Å². The van der Waals surface area contributed by atoms with Crippen LogP contribution in [0.1, 0.15) is 27.4 Å². The maximum absolute atomic E-state index is 12.5. The third kappa shape index (κ3) is 1.95. The summed E-state index contributed by atoms with van der Waals surface area (Å²) >= 11 is 0. The highest BCUT2D eigenvalue weighted by molar-refractivity contribution is 6.01. The zero-order chi connectivity index (χ0) is 12.4. The molecule has 0 saturated heterocycles. The summed E-state index contributed by atoms with van der Waals surface area (Å²) in [4.78, 5) is 12.5. The fraction of sp³-hybridized carbons (Fsp3) is 0.188. The Bertz CT molecular complexity index is 562. The van der Waals surface area contributed by atoms with Crippen molar-refractivity contribution in [3.05, 3.63) is 71.3 Å². The second-order valence-corrected chi connectivity index (χ2v) is 4.61. The number of rotatable bonds is 2. The SMILES string of the molecule is O=C(c1ccccc1)C1CNCc2ccccc21. The van der Waals surface area contributed by atoms with Crippen LogP contribution in [0.5, 0.6) is 0 Å². The summed E-state index contributed by atoms with van der Waals surface area (Å²) in [5.74, 6) is 0.146. The number of ketones is 1. The number of hydrogen-bond acceptors (Lipinski definition) is 2. The van der Waals surface area contributed by atoms with E-state index in [4.69, 9.17) is 0 Å². The van der Waals surface area contributed by atoms with Crippen molar-refractivity contribution in [3.63, 3.8) is 0 Å². The number of carbonyl (C=O) groups excluding carboxylic acids is 1. The Morgan fingerprint density at radius 3 is 2.56 bits per heavy atom. The average Bonchev–Trinajstić information content (AvgIpc) is 2.47. The van der Waals surface area contributed by atoms with Gasteiger partial charge >= 0.3 is 0 Å². The first-order valence-electron chi connectivity index (χ1n) is 6.24. The maximum atomic E-state index is 12.5. The molecule has 1 aliphatic heterocycles. The molecule has 0 aliphatic carbocycles. The van der Waals surface area contributed by atoms with Crippen LogP contribution in [-0.2, 0) is 6.54 Å². The number of nitrogens with one attached hydrogen (secondary N) is 1. The third-order valence-corrected chi connectivity index (χ3v) is 3.47. The molecule has 0 amide bonds. The van der Waals surface area contributed by atoms with Crippen LogP contribution in [0.25, 0.3) is 0 Å². The number of benzene rings is 2. The first-order chi connectivity index (χ1) is 8.86. The molecule has 3 rings (SSSR count). The highest BCUT2D eigenvalue weighted by Crippen LogP contribution is 2.26. The predicted octanol–water partition coefficient (Wildman–Crippen LogP) is 2.76. The molecule has 1 aliphatic rings. The molecular formula is C16H15NO. The quantitative estimate of drug-likeness (QED) is 0.814. The lowest BCUT2D eigenvalue weighted by Crippen LogP contribution is -2.32. The van der Waals surface area contributed by atoms with E-state index in [2.05, 4.69) is 17.4 Å². The molecule has 1 heterocycles. The molecular weight excluding hydrogens is 222 g/mol. The number of fused-ring (bicyclic) bond motifs is 1. The van der Waals surface area contributed by atoms with Gasteiger partial charge in [-0.2, -0.15) is 0 Å². The molecule has 0 spiro atoms. The van der Waals surface area contributed by atoms with E-state index in [1.165, 1.54) is 11.1 Å². The predicted molar refractivity (Wildman–Crippen MR) is 71.7 cm³/mol. The molecule has 0 fully saturated rings. The normalized spacial score (nSPS) is 18.1. The van der Waals surface area contributed by atoms with Crippen LogP contribution < -0.4 is 5.32 Å². The summed E-state index contributed by atoms with van der Waals surface area (Å²) in [6.07, 6.45) is 0. The van der Waals surface area contributed by atoms with E-state index in [1.807, 2.05) is 42.5 Å². The van der Waals surface area contributed by atoms with Crippen molar-refractivity contribution in [3.8, 4) is 0 Å². The van der Waals surface area contributed by atoms with Crippen LogP contribution in [0.4, 0.5) is 0 Å². The lowest BCUT2D eigenvalue weighted by atomic mass is 9.85. The van der Waals surface area contributed by atoms with Gasteiger partial charge in [0, 0.05) is 18.7 Å². The van der Waals surface area contributed by atoms with Crippen molar-refractivity contribution >= 4 is 5.78 Å². The lowest BCUT2D eigenvalue weighted by molar-refractivity contribution is 0.0955. The fourth-order valence-electron chi connectivity index (χ4n) is 2.53. The van der Waals surface area contributed by atoms with Gasteiger partial charge in [0.1, 0.15) is 0 Å². The number of carbonyl (C=O) groups is 1. The lowest BCUT2D eigenvalue weighted by Gasteiger charge is -2.25. The van der Waals surface area contributed by atoms with Crippen molar-refractivity contribution < 1.29 is 4.79 Å². The summed E-state index contributed by atoms with van der Waals surface area (Å²) in [7, 11) is 0. The molecule has 18 heavy (non-hydrogen) atoms. The third-order valence-electron chi connectivity index (χ3n) is 3.47. The van der Waals surface area contributed by atoms with Crippen molar-refractivity contribution in [2.45, 2.75) is 12.5 Å². The second kappa shape index (κ2) is 4.75. The molecule has 2 aromatic rings. The second-order valence-electron chi connectivity index (χ2n) is 4.61. The number of hydrogen-bond donors (Lipinski definition) is 1. The van der Waals surface area contributed by atoms with E-state index < -0.39 is 0 Å². The van der Waals surface area contributed by atoms with Gasteiger partial charge < -0.3 is 5.32 Å². The maximum Gasteiger partial charge on any atom is 0.171 e. The highest BCUT2D eigenvalue weighted by Gasteiger charge is 2.26. The van der Waals surface area contributed by atoms with Gasteiger partial charge in [-0.25, -0.2) is 0 Å². The van der Waals surface area contributed by atoms with Gasteiger partial charge in [-0.15, -0.1) is 0 Å². The first kappa shape index (κ1) is 11.2. The monoisotopic (exact) mass is 237 g/mol. The zero-order valence-corrected chi connectivity index (χ0v) is 10.1. The topological polar surface area (TPSA) is 29.1 Å². The van der Waals surface area contributed by atoms with Gasteiger partial charge in [0.05, 0.1) is 5.92 Å². The van der Waals surface area contributed by atoms with E-state index in [0.29, 0.717) is 0 Å². The average molecular weight is 237 g/mol. The van der Waals surface area contributed by atoms with Crippen LogP contribution in [-0.4, -0.2) is 12.3 Å². The molecule has 0 bridgehead atoms. The Kier molecular flexibility index (Phi) is 2.95. The summed E-state index contributed by atoms with van der Waals surface area (Å²) in [6.45, 7) is 1.58. The molecule has 2 heteroatoms. The Labute approximate surface area is 107 Å². The summed E-state index contributed by atoms with van der Waals surface area (Å²) in [5, 5.41) is 3.32. The van der Waals surface area contributed by atoms with Crippen molar-refractivity contribution in [2.75, 3.05) is 6.54 Å². The molecule has 90 valence electrons. The van der Waals surface area contributed by atoms with Crippen molar-refractivity contribution in [2.24, 2.45) is 0 Å². The van der Waals surface area contributed by atoms with Crippen molar-refractivity contribution in [1.29, 1.82) is 0 Å². The minimum absolute atomic E-state index is 0.0580. The Morgan fingerprint density at radius 1 is 1.00 bits per heavy atom. The van der Waals surface area contributed by atoms with Gasteiger partial charge in [0.2, 0.25) is 0 Å². The zero-order valence-electron chi connectivity index (χ0n) is 10.1. The Morgan fingerprint density at radius 2 is 1.72 bits per heavy atom. The summed E-state index contributed by atoms with van der Waals surface area (Å²) < 4.78 is 0. The van der Waals surface area contributed by atoms with Crippen molar-refractivity contribution in [1.82, 2.24) is 5.32 Å². The van der Waals surface area contributed by atoms with Gasteiger partial charge in [-0.05, 0) is 11.1 Å². The van der Waals surface area contributed by atoms with Gasteiger partial charge in [-0.3, -0.25) is 4.79 Å². The largest absolute Gasteiger partial charge is 0.312 e. The van der Waals surface area contributed by atoms with E-state index >= 15 is 0 Å². The molecule has 0 radical (unpaired) electrons. The smallest absolute Gasteiger partial charge is 0.171 e. The summed E-state index contributed by atoms with van der Waals surface area (Å²) in [5.41, 5.74) is 3.20. The Hall–Kier alpha value is -1.93. The van der Waals surface area contributed by atoms with Gasteiger partial charge in [0.15, 0.2) is 5.78 Å². The van der Waals surface area contributed by atoms with E-state index in [-0.39, 0.29) is 11.7 Å². The van der Waals surface area contributed by atoms with E-state index in [1.54, 1.807) is 0 Å². The van der Waals surface area contributed by atoms with E-state index in [0.717, 1.165) is 18.7 Å². The minimum atomic E-state index is -0.0580. The molecule has 0 saturated carbocycles. The molecule has 2 aromatic carbocycles. The van der Waals surface area contributed by atoms with Crippen LogP contribution >= 0.6 is 0 Å². The van der Waals surface area contributed by atoms with Crippen LogP contribution in [0.15, 0.2) is 54.6 Å². The van der Waals surface area contributed by atoms with Gasteiger partial charge in [-0.1, -0.05) is 54.6 Å². The van der Waals surface area contributed by atoms with Gasteiger partial charge in [0.25, 0.3) is 0 Å². The summed E-state index contributed by atoms with van der Waals surface area (Å²) in [6, 6.07) is 17.7. The first-order valence-corrected chi connectivity index (χ1v) is 6.24. The van der Waals surface area contributed by atoms with Crippen LogP contribution in [0.3, 0.4) is 0 Å². The van der Waals surface area contributed by atoms with Crippen LogP contribution in [0, 0.1) is 0 Å². The van der Waals surface area contributed by atoms with Crippen LogP contribution in [0.2, 0.25) is 0 Å². The highest BCUT2D eigenvalue weighted by atomic mass is 16.1. The molecule has 0 aromatic heterocycles. The molecule has 1 unspecified atom stereocenters.